The first-order valence-electron chi connectivity index (χ1n) is 12.0. The molecule has 0 spiro atoms. The van der Waals surface area contributed by atoms with Crippen molar-refractivity contribution in [1.82, 2.24) is 9.80 Å². The molecule has 2 aliphatic heterocycles. The van der Waals surface area contributed by atoms with Gasteiger partial charge in [0.2, 0.25) is 11.8 Å². The van der Waals surface area contributed by atoms with Crippen LogP contribution in [-0.2, 0) is 14.3 Å². The lowest BCUT2D eigenvalue weighted by molar-refractivity contribution is -0.166. The van der Waals surface area contributed by atoms with E-state index in [1.165, 1.54) is 25.7 Å². The monoisotopic (exact) mass is 428 g/mol. The Labute approximate surface area is 185 Å². The number of likely N-dealkylation sites (tertiary alicyclic amines) is 1. The number of morpholine rings is 1. The molecular formula is C25H36N2O4. The van der Waals surface area contributed by atoms with E-state index in [2.05, 4.69) is 0 Å². The van der Waals surface area contributed by atoms with Gasteiger partial charge in [-0.3, -0.25) is 9.59 Å². The smallest absolute Gasteiger partial charge is 0.225 e. The molecule has 6 nitrogen and oxygen atoms in total. The highest BCUT2D eigenvalue weighted by molar-refractivity contribution is 5.79. The van der Waals surface area contributed by atoms with Crippen LogP contribution < -0.4 is 4.74 Å². The topological polar surface area (TPSA) is 59.1 Å². The van der Waals surface area contributed by atoms with Gasteiger partial charge >= 0.3 is 0 Å². The van der Waals surface area contributed by atoms with Crippen LogP contribution in [0.5, 0.6) is 5.75 Å². The van der Waals surface area contributed by atoms with Crippen LogP contribution in [0.1, 0.15) is 57.8 Å². The first-order valence-corrected chi connectivity index (χ1v) is 12.0. The molecule has 1 aromatic rings. The van der Waals surface area contributed by atoms with Crippen LogP contribution in [0.2, 0.25) is 0 Å². The van der Waals surface area contributed by atoms with Crippen molar-refractivity contribution in [2.24, 2.45) is 5.92 Å². The summed E-state index contributed by atoms with van der Waals surface area (Å²) >= 11 is 0. The summed E-state index contributed by atoms with van der Waals surface area (Å²) in [5.74, 6) is 1.77. The number of rotatable bonds is 8. The fourth-order valence-corrected chi connectivity index (χ4v) is 4.83. The van der Waals surface area contributed by atoms with Crippen molar-refractivity contribution in [3.05, 3.63) is 30.3 Å². The summed E-state index contributed by atoms with van der Waals surface area (Å²) in [6, 6.07) is 9.62. The minimum Gasteiger partial charge on any atom is -0.490 e. The van der Waals surface area contributed by atoms with Crippen LogP contribution >= 0.6 is 0 Å². The standard InChI is InChI=1S/C25H36N2O4/c28-23(13-12-21-8-7-9-21)27-16-17-31-25(19-27,20-30-22-10-3-1-4-11-22)18-24(29)26-14-5-2-6-15-26/h1,3-4,10-11,21H,2,5-9,12-20H2. The van der Waals surface area contributed by atoms with E-state index in [0.29, 0.717) is 26.1 Å². The first kappa shape index (κ1) is 22.1. The molecule has 2 heterocycles. The zero-order chi connectivity index (χ0) is 21.5. The predicted molar refractivity (Wildman–Crippen MR) is 119 cm³/mol. The van der Waals surface area contributed by atoms with E-state index in [0.717, 1.165) is 44.0 Å². The molecule has 0 bridgehead atoms. The zero-order valence-electron chi connectivity index (χ0n) is 18.6. The Morgan fingerprint density at radius 1 is 0.968 bits per heavy atom. The molecule has 2 saturated heterocycles. The van der Waals surface area contributed by atoms with Crippen molar-refractivity contribution >= 4 is 11.8 Å². The molecule has 2 amide bonds. The summed E-state index contributed by atoms with van der Waals surface area (Å²) in [5.41, 5.74) is -0.797. The average molecular weight is 429 g/mol. The molecule has 1 saturated carbocycles. The van der Waals surface area contributed by atoms with Gasteiger partial charge in [-0.25, -0.2) is 0 Å². The second-order valence-electron chi connectivity index (χ2n) is 9.40. The number of piperidine rings is 1. The first-order chi connectivity index (χ1) is 15.1. The summed E-state index contributed by atoms with van der Waals surface area (Å²) in [6.45, 7) is 3.36. The van der Waals surface area contributed by atoms with Crippen molar-refractivity contribution in [2.75, 3.05) is 39.4 Å². The molecule has 0 aromatic heterocycles. The summed E-state index contributed by atoms with van der Waals surface area (Å²) < 4.78 is 12.3. The molecule has 1 aliphatic carbocycles. The van der Waals surface area contributed by atoms with E-state index < -0.39 is 5.60 Å². The maximum absolute atomic E-state index is 13.1. The molecule has 1 unspecified atom stereocenters. The lowest BCUT2D eigenvalue weighted by Gasteiger charge is -2.43. The molecule has 4 rings (SSSR count). The fraction of sp³-hybridized carbons (Fsp3) is 0.680. The van der Waals surface area contributed by atoms with Crippen LogP contribution in [0.25, 0.3) is 0 Å². The average Bonchev–Trinajstić information content (AvgIpc) is 2.78. The number of carbonyl (C=O) groups is 2. The molecule has 31 heavy (non-hydrogen) atoms. The van der Waals surface area contributed by atoms with Crippen molar-refractivity contribution in [2.45, 2.75) is 63.4 Å². The number of hydrogen-bond acceptors (Lipinski definition) is 4. The van der Waals surface area contributed by atoms with Crippen LogP contribution in [0, 0.1) is 5.92 Å². The van der Waals surface area contributed by atoms with Crippen molar-refractivity contribution < 1.29 is 19.1 Å². The highest BCUT2D eigenvalue weighted by Crippen LogP contribution is 2.31. The third kappa shape index (κ3) is 6.00. The number of hydrogen-bond donors (Lipinski definition) is 0. The van der Waals surface area contributed by atoms with Gasteiger partial charge in [-0.2, -0.15) is 0 Å². The number of benzene rings is 1. The van der Waals surface area contributed by atoms with E-state index in [1.54, 1.807) is 0 Å². The van der Waals surface area contributed by atoms with E-state index >= 15 is 0 Å². The van der Waals surface area contributed by atoms with Crippen LogP contribution in [-0.4, -0.2) is 66.6 Å². The lowest BCUT2D eigenvalue weighted by atomic mass is 9.82. The lowest BCUT2D eigenvalue weighted by Crippen LogP contribution is -2.58. The van der Waals surface area contributed by atoms with Crippen LogP contribution in [0.4, 0.5) is 0 Å². The Kier molecular flexibility index (Phi) is 7.49. The van der Waals surface area contributed by atoms with Gasteiger partial charge in [0.15, 0.2) is 0 Å². The minimum atomic E-state index is -0.797. The Bertz CT molecular complexity index is 730. The van der Waals surface area contributed by atoms with Gasteiger partial charge in [-0.1, -0.05) is 37.5 Å². The molecule has 1 aromatic carbocycles. The number of para-hydroxylation sites is 1. The molecular weight excluding hydrogens is 392 g/mol. The Morgan fingerprint density at radius 3 is 2.45 bits per heavy atom. The summed E-state index contributed by atoms with van der Waals surface area (Å²) in [5, 5.41) is 0. The quantitative estimate of drug-likeness (QED) is 0.634. The Balaban J connectivity index is 1.42. The van der Waals surface area contributed by atoms with E-state index in [9.17, 15) is 9.59 Å². The van der Waals surface area contributed by atoms with E-state index in [-0.39, 0.29) is 24.8 Å². The third-order valence-electron chi connectivity index (χ3n) is 7.02. The second-order valence-corrected chi connectivity index (χ2v) is 9.40. The second kappa shape index (κ2) is 10.5. The fourth-order valence-electron chi connectivity index (χ4n) is 4.83. The molecule has 3 fully saturated rings. The van der Waals surface area contributed by atoms with Gasteiger partial charge in [-0.05, 0) is 43.7 Å². The molecule has 170 valence electrons. The van der Waals surface area contributed by atoms with Crippen LogP contribution in [0.15, 0.2) is 30.3 Å². The van der Waals surface area contributed by atoms with Gasteiger partial charge in [0.25, 0.3) is 0 Å². The van der Waals surface area contributed by atoms with Gasteiger partial charge in [-0.15, -0.1) is 0 Å². The largest absolute Gasteiger partial charge is 0.490 e. The molecule has 1 atom stereocenters. The highest BCUT2D eigenvalue weighted by Gasteiger charge is 2.42. The van der Waals surface area contributed by atoms with Crippen molar-refractivity contribution in [3.8, 4) is 5.75 Å². The SMILES string of the molecule is O=C(CC1(COc2ccccc2)CN(C(=O)CCC2CCC2)CCO1)N1CCCCC1. The molecule has 0 N–H and O–H groups in total. The minimum absolute atomic E-state index is 0.111. The highest BCUT2D eigenvalue weighted by atomic mass is 16.5. The maximum atomic E-state index is 13.1. The van der Waals surface area contributed by atoms with Crippen molar-refractivity contribution in [3.63, 3.8) is 0 Å². The number of carbonyl (C=O) groups excluding carboxylic acids is 2. The predicted octanol–water partition coefficient (Wildman–Crippen LogP) is 3.65. The molecule has 0 radical (unpaired) electrons. The number of amides is 2. The summed E-state index contributed by atoms with van der Waals surface area (Å²) in [4.78, 5) is 29.9. The number of nitrogens with zero attached hydrogens (tertiary/aromatic N) is 2. The van der Waals surface area contributed by atoms with E-state index in [4.69, 9.17) is 9.47 Å². The van der Waals surface area contributed by atoms with E-state index in [1.807, 2.05) is 40.1 Å². The molecule has 3 aliphatic rings. The Hall–Kier alpha value is -2.08. The molecule has 6 heteroatoms. The normalized spacial score (nSPS) is 24.5. The van der Waals surface area contributed by atoms with Gasteiger partial charge in [0.05, 0.1) is 19.6 Å². The van der Waals surface area contributed by atoms with Gasteiger partial charge in [0, 0.05) is 26.1 Å². The third-order valence-corrected chi connectivity index (χ3v) is 7.02. The summed E-state index contributed by atoms with van der Waals surface area (Å²) in [7, 11) is 0. The Morgan fingerprint density at radius 2 is 1.74 bits per heavy atom. The zero-order valence-corrected chi connectivity index (χ0v) is 18.6. The summed E-state index contributed by atoms with van der Waals surface area (Å²) in [6.07, 6.45) is 8.97. The maximum Gasteiger partial charge on any atom is 0.225 e. The van der Waals surface area contributed by atoms with Crippen LogP contribution in [0.3, 0.4) is 0 Å². The van der Waals surface area contributed by atoms with Gasteiger partial charge < -0.3 is 19.3 Å². The van der Waals surface area contributed by atoms with Crippen molar-refractivity contribution in [1.29, 1.82) is 0 Å². The van der Waals surface area contributed by atoms with Gasteiger partial charge in [0.1, 0.15) is 18.0 Å². The number of ether oxygens (including phenoxy) is 2.